The van der Waals surface area contributed by atoms with Gasteiger partial charge in [-0.25, -0.2) is 0 Å². The smallest absolute Gasteiger partial charge is 0.0436 e. The number of hydrogen-bond donors (Lipinski definition) is 1. The van der Waals surface area contributed by atoms with Gasteiger partial charge in [-0.3, -0.25) is 4.21 Å². The van der Waals surface area contributed by atoms with Crippen molar-refractivity contribution >= 4 is 10.8 Å². The summed E-state index contributed by atoms with van der Waals surface area (Å²) in [5.74, 6) is 0.752. The van der Waals surface area contributed by atoms with Crippen LogP contribution in [0.25, 0.3) is 0 Å². The van der Waals surface area contributed by atoms with Gasteiger partial charge in [0, 0.05) is 27.8 Å². The highest BCUT2D eigenvalue weighted by atomic mass is 32.2. The lowest BCUT2D eigenvalue weighted by atomic mass is 10.1. The van der Waals surface area contributed by atoms with E-state index in [0.717, 1.165) is 25.1 Å². The highest BCUT2D eigenvalue weighted by Crippen LogP contribution is 2.25. The number of rotatable bonds is 6. The molecule has 106 valence electrons. The van der Waals surface area contributed by atoms with Gasteiger partial charge in [0.1, 0.15) is 0 Å². The highest BCUT2D eigenvalue weighted by Gasteiger charge is 2.24. The van der Waals surface area contributed by atoms with E-state index in [-0.39, 0.29) is 6.04 Å². The summed E-state index contributed by atoms with van der Waals surface area (Å²) < 4.78 is 12.4. The molecule has 1 aromatic carbocycles. The summed E-state index contributed by atoms with van der Waals surface area (Å²) in [5, 5.41) is 3.92. The van der Waals surface area contributed by atoms with Gasteiger partial charge >= 0.3 is 0 Å². The third-order valence-corrected chi connectivity index (χ3v) is 5.81. The maximum absolute atomic E-state index is 12.4. The second kappa shape index (κ2) is 7.20. The minimum Gasteiger partial charge on any atom is -0.309 e. The van der Waals surface area contributed by atoms with Crippen LogP contribution < -0.4 is 5.32 Å². The topological polar surface area (TPSA) is 29.1 Å². The summed E-state index contributed by atoms with van der Waals surface area (Å²) >= 11 is 0. The lowest BCUT2D eigenvalue weighted by molar-refractivity contribution is 0.590. The largest absolute Gasteiger partial charge is 0.309 e. The Balaban J connectivity index is 2.02. The molecule has 0 bridgehead atoms. The number of nitrogens with one attached hydrogen (secondary N) is 1. The van der Waals surface area contributed by atoms with Crippen LogP contribution in [0.3, 0.4) is 0 Å². The Morgan fingerprint density at radius 3 is 2.47 bits per heavy atom. The third kappa shape index (κ3) is 4.15. The van der Waals surface area contributed by atoms with Crippen molar-refractivity contribution in [3.8, 4) is 0 Å². The first-order valence-electron chi connectivity index (χ1n) is 7.38. The molecule has 0 aliphatic heterocycles. The molecule has 2 unspecified atom stereocenters. The Morgan fingerprint density at radius 2 is 1.89 bits per heavy atom. The number of benzene rings is 1. The van der Waals surface area contributed by atoms with Crippen LogP contribution in [0.5, 0.6) is 0 Å². The highest BCUT2D eigenvalue weighted by molar-refractivity contribution is 7.85. The minimum atomic E-state index is -0.695. The van der Waals surface area contributed by atoms with Crippen LogP contribution in [0.1, 0.15) is 49.8 Å². The normalized spacial score (nSPS) is 19.5. The van der Waals surface area contributed by atoms with Crippen LogP contribution in [0, 0.1) is 6.92 Å². The second-order valence-electron chi connectivity index (χ2n) is 5.47. The van der Waals surface area contributed by atoms with Crippen molar-refractivity contribution in [1.82, 2.24) is 5.32 Å². The average Bonchev–Trinajstić information content (AvgIpc) is 2.93. The van der Waals surface area contributed by atoms with E-state index in [1.807, 2.05) is 0 Å². The summed E-state index contributed by atoms with van der Waals surface area (Å²) in [5.41, 5.74) is 2.54. The molecule has 0 radical (unpaired) electrons. The molecular formula is C16H25NOS. The molecule has 1 aliphatic rings. The van der Waals surface area contributed by atoms with Crippen LogP contribution in [-0.4, -0.2) is 21.8 Å². The molecule has 2 nitrogen and oxygen atoms in total. The molecule has 1 aliphatic carbocycles. The Bertz CT molecular complexity index is 409. The van der Waals surface area contributed by atoms with Crippen molar-refractivity contribution < 1.29 is 4.21 Å². The molecule has 2 rings (SSSR count). The van der Waals surface area contributed by atoms with Gasteiger partial charge in [-0.05, 0) is 31.9 Å². The van der Waals surface area contributed by atoms with Gasteiger partial charge in [0.05, 0.1) is 0 Å². The zero-order chi connectivity index (χ0) is 13.7. The minimum absolute atomic E-state index is 0.229. The SMILES string of the molecule is CCNC(CS(=O)C1CCCC1)c1ccc(C)cc1. The maximum Gasteiger partial charge on any atom is 0.0436 e. The van der Waals surface area contributed by atoms with Crippen molar-refractivity contribution in [2.45, 2.75) is 50.8 Å². The molecule has 0 aromatic heterocycles. The molecule has 0 heterocycles. The fraction of sp³-hybridized carbons (Fsp3) is 0.625. The van der Waals surface area contributed by atoms with E-state index in [1.54, 1.807) is 0 Å². The van der Waals surface area contributed by atoms with Gasteiger partial charge in [0.25, 0.3) is 0 Å². The van der Waals surface area contributed by atoms with Crippen LogP contribution in [0.2, 0.25) is 0 Å². The van der Waals surface area contributed by atoms with Crippen LogP contribution in [0.15, 0.2) is 24.3 Å². The fourth-order valence-electron chi connectivity index (χ4n) is 2.77. The van der Waals surface area contributed by atoms with Crippen molar-refractivity contribution in [3.63, 3.8) is 0 Å². The number of hydrogen-bond acceptors (Lipinski definition) is 2. The molecule has 2 atom stereocenters. The van der Waals surface area contributed by atoms with E-state index in [2.05, 4.69) is 43.4 Å². The predicted molar refractivity (Wildman–Crippen MR) is 82.9 cm³/mol. The van der Waals surface area contributed by atoms with Crippen LogP contribution in [0.4, 0.5) is 0 Å². The molecule has 1 saturated carbocycles. The summed E-state index contributed by atoms with van der Waals surface area (Å²) in [6.07, 6.45) is 4.82. The first kappa shape index (κ1) is 14.7. The fourth-order valence-corrected chi connectivity index (χ4v) is 4.54. The molecule has 1 aromatic rings. The van der Waals surface area contributed by atoms with Crippen LogP contribution >= 0.6 is 0 Å². The zero-order valence-electron chi connectivity index (χ0n) is 12.0. The first-order valence-corrected chi connectivity index (χ1v) is 8.76. The summed E-state index contributed by atoms with van der Waals surface area (Å²) in [6, 6.07) is 8.83. The van der Waals surface area contributed by atoms with Gasteiger partial charge < -0.3 is 5.32 Å². The summed E-state index contributed by atoms with van der Waals surface area (Å²) in [7, 11) is -0.695. The monoisotopic (exact) mass is 279 g/mol. The Labute approximate surface area is 119 Å². The molecular weight excluding hydrogens is 254 g/mol. The van der Waals surface area contributed by atoms with Gasteiger partial charge in [0.15, 0.2) is 0 Å². The van der Waals surface area contributed by atoms with E-state index in [9.17, 15) is 4.21 Å². The van der Waals surface area contributed by atoms with Crippen molar-refractivity contribution in [1.29, 1.82) is 0 Å². The van der Waals surface area contributed by atoms with Crippen molar-refractivity contribution in [3.05, 3.63) is 35.4 Å². The zero-order valence-corrected chi connectivity index (χ0v) is 12.8. The molecule has 3 heteroatoms. The standard InChI is InChI=1S/C16H25NOS/c1-3-17-16(14-10-8-13(2)9-11-14)12-19(18)15-6-4-5-7-15/h8-11,15-17H,3-7,12H2,1-2H3. The third-order valence-electron chi connectivity index (χ3n) is 3.94. The molecule has 1 N–H and O–H groups in total. The molecule has 19 heavy (non-hydrogen) atoms. The van der Waals surface area contributed by atoms with E-state index in [4.69, 9.17) is 0 Å². The van der Waals surface area contributed by atoms with Crippen molar-refractivity contribution in [2.24, 2.45) is 0 Å². The van der Waals surface area contributed by atoms with E-state index in [1.165, 1.54) is 24.0 Å². The van der Waals surface area contributed by atoms with E-state index >= 15 is 0 Å². The predicted octanol–water partition coefficient (Wildman–Crippen LogP) is 3.34. The van der Waals surface area contributed by atoms with Gasteiger partial charge in [-0.15, -0.1) is 0 Å². The maximum atomic E-state index is 12.4. The first-order chi connectivity index (χ1) is 9.20. The van der Waals surface area contributed by atoms with Gasteiger partial charge in [-0.1, -0.05) is 49.6 Å². The Morgan fingerprint density at radius 1 is 1.26 bits per heavy atom. The molecule has 0 saturated heterocycles. The van der Waals surface area contributed by atoms with Crippen molar-refractivity contribution in [2.75, 3.05) is 12.3 Å². The molecule has 1 fully saturated rings. The quantitative estimate of drug-likeness (QED) is 0.865. The number of aryl methyl sites for hydroxylation is 1. The van der Waals surface area contributed by atoms with E-state index in [0.29, 0.717) is 5.25 Å². The Hall–Kier alpha value is -0.670. The molecule has 0 spiro atoms. The summed E-state index contributed by atoms with van der Waals surface area (Å²) in [4.78, 5) is 0. The van der Waals surface area contributed by atoms with E-state index < -0.39 is 10.8 Å². The lowest BCUT2D eigenvalue weighted by Crippen LogP contribution is -2.29. The second-order valence-corrected chi connectivity index (χ2v) is 7.24. The average molecular weight is 279 g/mol. The summed E-state index contributed by atoms with van der Waals surface area (Å²) in [6.45, 7) is 5.13. The van der Waals surface area contributed by atoms with Crippen LogP contribution in [-0.2, 0) is 10.8 Å². The Kier molecular flexibility index (Phi) is 5.59. The van der Waals surface area contributed by atoms with Gasteiger partial charge in [0.2, 0.25) is 0 Å². The van der Waals surface area contributed by atoms with Gasteiger partial charge in [-0.2, -0.15) is 0 Å². The molecule has 0 amide bonds. The lowest BCUT2D eigenvalue weighted by Gasteiger charge is -2.20.